The first-order chi connectivity index (χ1) is 11.4. The number of nitrogens with zero attached hydrogens (tertiary/aromatic N) is 4. The van der Waals surface area contributed by atoms with Crippen molar-refractivity contribution in [3.8, 4) is 11.5 Å². The van der Waals surface area contributed by atoms with Crippen LogP contribution in [-0.2, 0) is 6.54 Å². The van der Waals surface area contributed by atoms with E-state index in [2.05, 4.69) is 25.1 Å². The largest absolute Gasteiger partial charge is 0.458 e. The number of likely N-dealkylation sites (tertiary alicyclic amines) is 1. The molecule has 1 atom stereocenters. The minimum absolute atomic E-state index is 0.480. The third-order valence-corrected chi connectivity index (χ3v) is 4.34. The number of aromatic amines is 1. The molecule has 1 aliphatic heterocycles. The number of rotatable bonds is 4. The van der Waals surface area contributed by atoms with Gasteiger partial charge in [-0.2, -0.15) is 5.10 Å². The van der Waals surface area contributed by atoms with Crippen LogP contribution >= 0.6 is 0 Å². The number of nitrogens with one attached hydrogen (secondary N) is 1. The summed E-state index contributed by atoms with van der Waals surface area (Å²) in [5.41, 5.74) is 2.05. The van der Waals surface area contributed by atoms with Crippen LogP contribution in [-0.4, -0.2) is 38.2 Å². The fraction of sp³-hybridized carbons (Fsp3) is 0.353. The zero-order valence-corrected chi connectivity index (χ0v) is 12.9. The third kappa shape index (κ3) is 3.17. The number of hydrogen-bond donors (Lipinski definition) is 1. The molecule has 0 radical (unpaired) electrons. The minimum Gasteiger partial charge on any atom is -0.458 e. The van der Waals surface area contributed by atoms with Crippen molar-refractivity contribution in [2.24, 2.45) is 0 Å². The Bertz CT molecular complexity index is 737. The molecule has 0 spiro atoms. The molecule has 3 aromatic heterocycles. The lowest BCUT2D eigenvalue weighted by atomic mass is 9.94. The smallest absolute Gasteiger partial charge is 0.152 e. The van der Waals surface area contributed by atoms with Gasteiger partial charge >= 0.3 is 0 Å². The molecule has 1 aliphatic rings. The van der Waals surface area contributed by atoms with E-state index in [9.17, 15) is 0 Å². The molecule has 1 N–H and O–H groups in total. The molecule has 0 aliphatic carbocycles. The summed E-state index contributed by atoms with van der Waals surface area (Å²) >= 11 is 0. The van der Waals surface area contributed by atoms with Gasteiger partial charge in [-0.05, 0) is 43.7 Å². The van der Waals surface area contributed by atoms with Gasteiger partial charge in [0.2, 0.25) is 0 Å². The molecule has 0 amide bonds. The minimum atomic E-state index is 0.480. The van der Waals surface area contributed by atoms with Gasteiger partial charge in [0.25, 0.3) is 0 Å². The Morgan fingerprint density at radius 2 is 2.22 bits per heavy atom. The van der Waals surface area contributed by atoms with Crippen LogP contribution < -0.4 is 0 Å². The Balaban J connectivity index is 1.43. The number of aromatic nitrogens is 4. The van der Waals surface area contributed by atoms with E-state index >= 15 is 0 Å². The molecule has 3 aromatic rings. The van der Waals surface area contributed by atoms with Gasteiger partial charge < -0.3 is 4.42 Å². The highest BCUT2D eigenvalue weighted by Gasteiger charge is 2.23. The Labute approximate surface area is 134 Å². The van der Waals surface area contributed by atoms with E-state index in [4.69, 9.17) is 4.42 Å². The van der Waals surface area contributed by atoms with Gasteiger partial charge in [-0.3, -0.25) is 10.00 Å². The van der Waals surface area contributed by atoms with Crippen molar-refractivity contribution in [3.05, 3.63) is 54.4 Å². The van der Waals surface area contributed by atoms with Gasteiger partial charge in [0.1, 0.15) is 17.8 Å². The first kappa shape index (κ1) is 14.1. The van der Waals surface area contributed by atoms with Crippen molar-refractivity contribution >= 4 is 0 Å². The third-order valence-electron chi connectivity index (χ3n) is 4.34. The summed E-state index contributed by atoms with van der Waals surface area (Å²) in [5.74, 6) is 2.30. The first-order valence-electron chi connectivity index (χ1n) is 7.95. The van der Waals surface area contributed by atoms with Crippen LogP contribution in [0.4, 0.5) is 0 Å². The lowest BCUT2D eigenvalue weighted by Gasteiger charge is -2.31. The SMILES string of the molecule is c1cc([C@H]2CCCN(Cc3ccc(-c4ccn[nH]4)o3)C2)ncn1. The van der Waals surface area contributed by atoms with E-state index in [1.54, 1.807) is 12.5 Å². The highest BCUT2D eigenvalue weighted by Crippen LogP contribution is 2.27. The lowest BCUT2D eigenvalue weighted by Crippen LogP contribution is -2.34. The van der Waals surface area contributed by atoms with E-state index in [0.717, 1.165) is 42.5 Å². The summed E-state index contributed by atoms with van der Waals surface area (Å²) < 4.78 is 5.93. The molecular formula is C17H19N5O. The zero-order valence-electron chi connectivity index (χ0n) is 12.9. The second-order valence-electron chi connectivity index (χ2n) is 5.94. The maximum absolute atomic E-state index is 5.93. The summed E-state index contributed by atoms with van der Waals surface area (Å²) in [6.07, 6.45) is 7.56. The van der Waals surface area contributed by atoms with Crippen LogP contribution in [0.1, 0.15) is 30.2 Å². The van der Waals surface area contributed by atoms with Crippen molar-refractivity contribution in [2.45, 2.75) is 25.3 Å². The maximum atomic E-state index is 5.93. The topological polar surface area (TPSA) is 70.8 Å². The predicted molar refractivity (Wildman–Crippen MR) is 85.6 cm³/mol. The number of piperidine rings is 1. The maximum Gasteiger partial charge on any atom is 0.152 e. The van der Waals surface area contributed by atoms with Gasteiger partial charge in [0.05, 0.1) is 6.54 Å². The molecule has 0 aromatic carbocycles. The second kappa shape index (κ2) is 6.34. The van der Waals surface area contributed by atoms with Crippen LogP contribution in [0.15, 0.2) is 47.4 Å². The highest BCUT2D eigenvalue weighted by atomic mass is 16.3. The van der Waals surface area contributed by atoms with Crippen LogP contribution in [0.3, 0.4) is 0 Å². The highest BCUT2D eigenvalue weighted by molar-refractivity contribution is 5.51. The molecule has 6 heteroatoms. The zero-order chi connectivity index (χ0) is 15.5. The van der Waals surface area contributed by atoms with Crippen molar-refractivity contribution in [1.29, 1.82) is 0 Å². The van der Waals surface area contributed by atoms with Crippen LogP contribution in [0, 0.1) is 0 Å². The molecule has 0 bridgehead atoms. The van der Waals surface area contributed by atoms with Gasteiger partial charge in [-0.15, -0.1) is 0 Å². The Hall–Kier alpha value is -2.47. The molecule has 4 heterocycles. The second-order valence-corrected chi connectivity index (χ2v) is 5.94. The molecule has 6 nitrogen and oxygen atoms in total. The average Bonchev–Trinajstić information content (AvgIpc) is 3.27. The van der Waals surface area contributed by atoms with Gasteiger partial charge in [0.15, 0.2) is 5.76 Å². The first-order valence-corrected chi connectivity index (χ1v) is 7.95. The molecule has 0 unspecified atom stereocenters. The monoisotopic (exact) mass is 309 g/mol. The van der Waals surface area contributed by atoms with Crippen LogP contribution in [0.5, 0.6) is 0 Å². The van der Waals surface area contributed by atoms with E-state index in [0.29, 0.717) is 5.92 Å². The van der Waals surface area contributed by atoms with Crippen molar-refractivity contribution in [3.63, 3.8) is 0 Å². The molecule has 0 saturated carbocycles. The van der Waals surface area contributed by atoms with Crippen LogP contribution in [0.25, 0.3) is 11.5 Å². The fourth-order valence-corrected chi connectivity index (χ4v) is 3.20. The summed E-state index contributed by atoms with van der Waals surface area (Å²) in [7, 11) is 0. The summed E-state index contributed by atoms with van der Waals surface area (Å²) in [6, 6.07) is 7.98. The van der Waals surface area contributed by atoms with E-state index < -0.39 is 0 Å². The van der Waals surface area contributed by atoms with E-state index in [1.807, 2.05) is 30.5 Å². The Kier molecular flexibility index (Phi) is 3.90. The van der Waals surface area contributed by atoms with Gasteiger partial charge in [-0.25, -0.2) is 9.97 Å². The Morgan fingerprint density at radius 3 is 3.04 bits per heavy atom. The molecule has 1 fully saturated rings. The van der Waals surface area contributed by atoms with Gasteiger partial charge in [0, 0.05) is 30.6 Å². The molecule has 118 valence electrons. The fourth-order valence-electron chi connectivity index (χ4n) is 3.20. The molecule has 23 heavy (non-hydrogen) atoms. The number of furan rings is 1. The van der Waals surface area contributed by atoms with Crippen LogP contribution in [0.2, 0.25) is 0 Å². The van der Waals surface area contributed by atoms with Crippen molar-refractivity contribution < 1.29 is 4.42 Å². The normalized spacial score (nSPS) is 19.0. The van der Waals surface area contributed by atoms with Crippen molar-refractivity contribution in [1.82, 2.24) is 25.1 Å². The molecular weight excluding hydrogens is 290 g/mol. The summed E-state index contributed by atoms with van der Waals surface area (Å²) in [6.45, 7) is 2.94. The summed E-state index contributed by atoms with van der Waals surface area (Å²) in [4.78, 5) is 10.9. The quantitative estimate of drug-likeness (QED) is 0.802. The van der Waals surface area contributed by atoms with Gasteiger partial charge in [-0.1, -0.05) is 0 Å². The average molecular weight is 309 g/mol. The van der Waals surface area contributed by atoms with E-state index in [1.165, 1.54) is 12.8 Å². The Morgan fingerprint density at radius 1 is 1.22 bits per heavy atom. The molecule has 4 rings (SSSR count). The van der Waals surface area contributed by atoms with Crippen molar-refractivity contribution in [2.75, 3.05) is 13.1 Å². The lowest BCUT2D eigenvalue weighted by molar-refractivity contribution is 0.185. The number of H-pyrrole nitrogens is 1. The summed E-state index contributed by atoms with van der Waals surface area (Å²) in [5, 5.41) is 6.89. The number of hydrogen-bond acceptors (Lipinski definition) is 5. The standard InChI is InChI=1S/C17H19N5O/c1-2-13(15-5-7-18-12-19-15)10-22(9-1)11-14-3-4-17(23-14)16-6-8-20-21-16/h3-8,12-13H,1-2,9-11H2,(H,20,21)/t13-/m0/s1. The van der Waals surface area contributed by atoms with E-state index in [-0.39, 0.29) is 0 Å². The molecule has 1 saturated heterocycles. The predicted octanol–water partition coefficient (Wildman–Crippen LogP) is 2.84.